The number of carbonyl (C=O) groups excluding carboxylic acids is 2. The molecule has 0 bridgehead atoms. The maximum Gasteiger partial charge on any atom is 0.421 e. The Kier molecular flexibility index (Phi) is 4.71. The van der Waals surface area contributed by atoms with Crippen LogP contribution in [-0.4, -0.2) is 68.0 Å². The van der Waals surface area contributed by atoms with E-state index in [9.17, 15) is 9.59 Å². The predicted molar refractivity (Wildman–Crippen MR) is 110 cm³/mol. The second kappa shape index (κ2) is 6.96. The molecule has 4 rings (SSSR count). The van der Waals surface area contributed by atoms with Crippen LogP contribution in [0.25, 0.3) is 0 Å². The summed E-state index contributed by atoms with van der Waals surface area (Å²) in [6.45, 7) is 4.14. The SMILES string of the molecule is Cc1cc(C)n(C2=[N+](Cc3ccc(Cl)c(Cl)c3)C3C(=O)N(C)C(=O)N(C)C3=N2)n1. The van der Waals surface area contributed by atoms with Gasteiger partial charge in [0.15, 0.2) is 0 Å². The number of imide groups is 1. The quantitative estimate of drug-likeness (QED) is 0.682. The number of halogens is 2. The minimum atomic E-state index is -0.740. The van der Waals surface area contributed by atoms with Crippen LogP contribution in [0.4, 0.5) is 4.79 Å². The van der Waals surface area contributed by atoms with Crippen LogP contribution in [-0.2, 0) is 11.3 Å². The molecular weight excluding hydrogens is 415 g/mol. The van der Waals surface area contributed by atoms with Gasteiger partial charge in [0.25, 0.3) is 5.91 Å². The minimum Gasteiger partial charge on any atom is -0.270 e. The number of nitrogens with zero attached hydrogens (tertiary/aromatic N) is 6. The third kappa shape index (κ3) is 3.12. The average Bonchev–Trinajstić information content (AvgIpc) is 3.20. The second-order valence-corrected chi connectivity index (χ2v) is 7.94. The Labute approximate surface area is 177 Å². The van der Waals surface area contributed by atoms with Gasteiger partial charge in [-0.05, 0) is 37.6 Å². The van der Waals surface area contributed by atoms with Crippen LogP contribution in [0.15, 0.2) is 29.3 Å². The number of aliphatic imine (C=N–C) groups is 1. The van der Waals surface area contributed by atoms with Crippen molar-refractivity contribution in [3.05, 3.63) is 51.3 Å². The van der Waals surface area contributed by atoms with Crippen molar-refractivity contribution < 1.29 is 14.2 Å². The van der Waals surface area contributed by atoms with E-state index in [0.717, 1.165) is 21.9 Å². The third-order valence-corrected chi connectivity index (χ3v) is 5.78. The number of hydrogen-bond acceptors (Lipinski definition) is 4. The Morgan fingerprint density at radius 2 is 1.79 bits per heavy atom. The van der Waals surface area contributed by atoms with Gasteiger partial charge in [-0.2, -0.15) is 0 Å². The smallest absolute Gasteiger partial charge is 0.270 e. The highest BCUT2D eigenvalue weighted by molar-refractivity contribution is 6.42. The molecule has 0 saturated carbocycles. The van der Waals surface area contributed by atoms with Crippen LogP contribution >= 0.6 is 23.2 Å². The molecule has 3 heterocycles. The van der Waals surface area contributed by atoms with Crippen LogP contribution in [0.3, 0.4) is 0 Å². The van der Waals surface area contributed by atoms with E-state index in [2.05, 4.69) is 10.1 Å². The number of likely N-dealkylation sites (N-methyl/N-ethyl adjacent to an activating group) is 2. The average molecular weight is 434 g/mol. The molecule has 1 fully saturated rings. The van der Waals surface area contributed by atoms with Gasteiger partial charge in [0.1, 0.15) is 5.69 Å². The molecule has 1 aromatic heterocycles. The molecule has 1 aromatic carbocycles. The summed E-state index contributed by atoms with van der Waals surface area (Å²) in [5.41, 5.74) is 2.55. The van der Waals surface area contributed by atoms with Crippen molar-refractivity contribution in [3.63, 3.8) is 0 Å². The lowest BCUT2D eigenvalue weighted by molar-refractivity contribution is -0.553. The predicted octanol–water partition coefficient (Wildman–Crippen LogP) is 2.53. The summed E-state index contributed by atoms with van der Waals surface area (Å²) in [6.07, 6.45) is 0. The fourth-order valence-electron chi connectivity index (χ4n) is 3.58. The first kappa shape index (κ1) is 19.6. The van der Waals surface area contributed by atoms with Crippen molar-refractivity contribution in [1.82, 2.24) is 19.6 Å². The maximum absolute atomic E-state index is 13.0. The van der Waals surface area contributed by atoms with E-state index in [1.807, 2.05) is 30.6 Å². The fraction of sp³-hybridized carbons (Fsp3) is 0.316. The molecule has 1 saturated heterocycles. The highest BCUT2D eigenvalue weighted by Gasteiger charge is 2.52. The molecule has 10 heteroatoms. The van der Waals surface area contributed by atoms with Gasteiger partial charge in [0, 0.05) is 14.1 Å². The third-order valence-electron chi connectivity index (χ3n) is 5.05. The van der Waals surface area contributed by atoms with Gasteiger partial charge in [-0.3, -0.25) is 14.6 Å². The topological polar surface area (TPSA) is 73.8 Å². The number of amidine groups is 1. The lowest BCUT2D eigenvalue weighted by Gasteiger charge is -2.31. The van der Waals surface area contributed by atoms with E-state index in [1.165, 1.54) is 11.9 Å². The minimum absolute atomic E-state index is 0.337. The van der Waals surface area contributed by atoms with Crippen LogP contribution in [0, 0.1) is 13.8 Å². The van der Waals surface area contributed by atoms with Gasteiger partial charge in [0.2, 0.25) is 11.9 Å². The normalized spacial score (nSPS) is 19.2. The van der Waals surface area contributed by atoms with E-state index in [0.29, 0.717) is 28.4 Å². The van der Waals surface area contributed by atoms with Crippen molar-refractivity contribution >= 4 is 46.9 Å². The molecule has 150 valence electrons. The summed E-state index contributed by atoms with van der Waals surface area (Å²) < 4.78 is 3.51. The van der Waals surface area contributed by atoms with Crippen LogP contribution in [0.1, 0.15) is 17.0 Å². The summed E-state index contributed by atoms with van der Waals surface area (Å²) in [4.78, 5) is 32.6. The molecule has 0 N–H and O–H groups in total. The molecule has 0 radical (unpaired) electrons. The number of hydrogen-bond donors (Lipinski definition) is 0. The number of aryl methyl sites for hydroxylation is 2. The number of amides is 3. The molecule has 2 aliphatic rings. The zero-order chi connectivity index (χ0) is 21.0. The Hall–Kier alpha value is -2.71. The Morgan fingerprint density at radius 3 is 2.41 bits per heavy atom. The molecule has 29 heavy (non-hydrogen) atoms. The first-order chi connectivity index (χ1) is 13.7. The summed E-state index contributed by atoms with van der Waals surface area (Å²) in [7, 11) is 3.08. The molecule has 0 aliphatic carbocycles. The molecule has 8 nitrogen and oxygen atoms in total. The van der Waals surface area contributed by atoms with Crippen molar-refractivity contribution in [2.24, 2.45) is 4.99 Å². The molecule has 2 aliphatic heterocycles. The first-order valence-corrected chi connectivity index (χ1v) is 9.69. The van der Waals surface area contributed by atoms with Crippen molar-refractivity contribution in [2.45, 2.75) is 26.4 Å². The number of benzene rings is 1. The number of rotatable bonds is 2. The zero-order valence-electron chi connectivity index (χ0n) is 16.3. The zero-order valence-corrected chi connectivity index (χ0v) is 17.9. The Balaban J connectivity index is 1.87. The van der Waals surface area contributed by atoms with Crippen LogP contribution < -0.4 is 0 Å². The van der Waals surface area contributed by atoms with Crippen molar-refractivity contribution in [2.75, 3.05) is 14.1 Å². The van der Waals surface area contributed by atoms with Crippen LogP contribution in [0.2, 0.25) is 10.0 Å². The fourth-order valence-corrected chi connectivity index (χ4v) is 3.90. The summed E-state index contributed by atoms with van der Waals surface area (Å²) >= 11 is 12.2. The van der Waals surface area contributed by atoms with Crippen LogP contribution in [0.5, 0.6) is 0 Å². The van der Waals surface area contributed by atoms with Gasteiger partial charge >= 0.3 is 12.0 Å². The number of carbonyl (C=O) groups is 2. The van der Waals surface area contributed by atoms with E-state index in [1.54, 1.807) is 23.9 Å². The van der Waals surface area contributed by atoms with Gasteiger partial charge in [-0.1, -0.05) is 34.3 Å². The standard InChI is InChI=1S/C19H19Cl2N6O2/c1-10-7-11(2)27(23-10)18-22-16-15(17(28)25(4)19(29)24(16)3)26(18)9-12-5-6-13(20)14(21)8-12/h5-8,15H,9H2,1-4H3/q+1. The number of fused-ring (bicyclic) bond motifs is 1. The number of aromatic nitrogens is 2. The highest BCUT2D eigenvalue weighted by atomic mass is 35.5. The first-order valence-electron chi connectivity index (χ1n) is 8.94. The van der Waals surface area contributed by atoms with Crippen molar-refractivity contribution in [1.29, 1.82) is 0 Å². The van der Waals surface area contributed by atoms with E-state index < -0.39 is 12.1 Å². The molecule has 3 amide bonds. The largest absolute Gasteiger partial charge is 0.421 e. The molecule has 1 atom stereocenters. The summed E-state index contributed by atoms with van der Waals surface area (Å²) in [6, 6.07) is 6.08. The summed E-state index contributed by atoms with van der Waals surface area (Å²) in [5.74, 6) is 0.508. The lowest BCUT2D eigenvalue weighted by atomic mass is 10.1. The monoisotopic (exact) mass is 433 g/mol. The Bertz CT molecular complexity index is 1120. The molecule has 2 aromatic rings. The molecular formula is C19H19Cl2N6O2+. The highest BCUT2D eigenvalue weighted by Crippen LogP contribution is 2.25. The van der Waals surface area contributed by atoms with Crippen molar-refractivity contribution in [3.8, 4) is 0 Å². The van der Waals surface area contributed by atoms with Gasteiger partial charge < -0.3 is 0 Å². The Morgan fingerprint density at radius 1 is 1.07 bits per heavy atom. The lowest BCUT2D eigenvalue weighted by Crippen LogP contribution is -2.61. The summed E-state index contributed by atoms with van der Waals surface area (Å²) in [5, 5.41) is 5.40. The van der Waals surface area contributed by atoms with E-state index in [4.69, 9.17) is 23.2 Å². The van der Waals surface area contributed by atoms with Gasteiger partial charge in [-0.25, -0.2) is 9.37 Å². The number of urea groups is 1. The van der Waals surface area contributed by atoms with Gasteiger partial charge in [0.05, 0.1) is 22.3 Å². The van der Waals surface area contributed by atoms with Gasteiger partial charge in [-0.15, -0.1) is 9.78 Å². The van der Waals surface area contributed by atoms with E-state index >= 15 is 0 Å². The molecule has 1 unspecified atom stereocenters. The maximum atomic E-state index is 13.0. The van der Waals surface area contributed by atoms with E-state index in [-0.39, 0.29) is 5.91 Å². The molecule has 0 spiro atoms. The second-order valence-electron chi connectivity index (χ2n) is 7.13.